The molecule has 0 radical (unpaired) electrons. The van der Waals surface area contributed by atoms with E-state index in [0.29, 0.717) is 25.9 Å². The Kier molecular flexibility index (Phi) is 57.0. The number of aliphatic hydroxyl groups is 2. The van der Waals surface area contributed by atoms with Gasteiger partial charge in [0.05, 0.1) is 25.4 Å². The summed E-state index contributed by atoms with van der Waals surface area (Å²) in [6.07, 6.45) is 72.9. The van der Waals surface area contributed by atoms with E-state index in [-0.39, 0.29) is 18.5 Å². The molecule has 69 heavy (non-hydrogen) atoms. The van der Waals surface area contributed by atoms with E-state index in [4.69, 9.17) is 4.74 Å². The van der Waals surface area contributed by atoms with Crippen LogP contribution in [0.1, 0.15) is 328 Å². The van der Waals surface area contributed by atoms with Crippen LogP contribution < -0.4 is 5.32 Å². The Bertz CT molecular complexity index is 1120. The van der Waals surface area contributed by atoms with Gasteiger partial charge in [-0.25, -0.2) is 0 Å². The van der Waals surface area contributed by atoms with E-state index in [1.165, 1.54) is 244 Å². The molecule has 0 aliphatic carbocycles. The highest BCUT2D eigenvalue weighted by atomic mass is 16.5. The van der Waals surface area contributed by atoms with Gasteiger partial charge in [-0.3, -0.25) is 9.59 Å². The summed E-state index contributed by atoms with van der Waals surface area (Å²) in [4.78, 5) is 24.5. The molecule has 0 aliphatic heterocycles. The molecule has 0 rings (SSSR count). The Morgan fingerprint density at radius 2 is 0.725 bits per heavy atom. The topological polar surface area (TPSA) is 95.9 Å². The average Bonchev–Trinajstić information content (AvgIpc) is 3.35. The van der Waals surface area contributed by atoms with E-state index in [2.05, 4.69) is 55.6 Å². The van der Waals surface area contributed by atoms with Crippen molar-refractivity contribution in [2.24, 2.45) is 0 Å². The zero-order valence-corrected chi connectivity index (χ0v) is 46.3. The molecule has 6 heteroatoms. The van der Waals surface area contributed by atoms with Gasteiger partial charge in [-0.2, -0.15) is 0 Å². The Morgan fingerprint density at radius 3 is 1.13 bits per heavy atom. The van der Waals surface area contributed by atoms with Gasteiger partial charge in [0.1, 0.15) is 0 Å². The molecule has 0 saturated heterocycles. The standard InChI is InChI=1S/C63H119NO5/c1-3-5-7-9-11-13-15-17-18-29-33-37-41-45-49-53-57-63(68)69-58-54-50-46-42-38-34-30-27-25-23-21-19-20-22-24-26-28-32-36-40-44-48-52-56-62(67)64-60(59-65)61(66)55-51-47-43-39-35-31-16-14-12-10-8-6-4-2/h13,15,18,22,24,29,60-61,65-66H,3-12,14,16-17,19-21,23,25-28,30-59H2,1-2H3,(H,64,67)/b15-13-,24-22-,29-18-. The van der Waals surface area contributed by atoms with Crippen LogP contribution in [0.3, 0.4) is 0 Å². The lowest BCUT2D eigenvalue weighted by Crippen LogP contribution is -2.45. The molecule has 0 aromatic carbocycles. The summed E-state index contributed by atoms with van der Waals surface area (Å²) in [7, 11) is 0. The molecule has 0 saturated carbocycles. The molecule has 2 atom stereocenters. The van der Waals surface area contributed by atoms with Gasteiger partial charge in [0.2, 0.25) is 5.91 Å². The highest BCUT2D eigenvalue weighted by molar-refractivity contribution is 5.76. The largest absolute Gasteiger partial charge is 0.466 e. The van der Waals surface area contributed by atoms with Crippen molar-refractivity contribution in [2.75, 3.05) is 13.2 Å². The number of aliphatic hydroxyl groups excluding tert-OH is 2. The summed E-state index contributed by atoms with van der Waals surface area (Å²) in [6.45, 7) is 4.93. The van der Waals surface area contributed by atoms with Crippen molar-refractivity contribution in [3.05, 3.63) is 36.5 Å². The Balaban J connectivity index is 3.41. The van der Waals surface area contributed by atoms with Crippen LogP contribution in [0.5, 0.6) is 0 Å². The number of nitrogens with one attached hydrogen (secondary N) is 1. The number of unbranched alkanes of at least 4 members (excludes halogenated alkanes) is 40. The van der Waals surface area contributed by atoms with Crippen molar-refractivity contribution in [1.29, 1.82) is 0 Å². The van der Waals surface area contributed by atoms with Crippen LogP contribution in [-0.4, -0.2) is 47.4 Å². The van der Waals surface area contributed by atoms with Crippen molar-refractivity contribution in [1.82, 2.24) is 5.32 Å². The van der Waals surface area contributed by atoms with E-state index >= 15 is 0 Å². The first-order chi connectivity index (χ1) is 34.0. The van der Waals surface area contributed by atoms with Gasteiger partial charge in [-0.1, -0.05) is 269 Å². The minimum absolute atomic E-state index is 0.00199. The molecule has 0 bridgehead atoms. The Morgan fingerprint density at radius 1 is 0.406 bits per heavy atom. The van der Waals surface area contributed by atoms with E-state index in [9.17, 15) is 19.8 Å². The van der Waals surface area contributed by atoms with E-state index < -0.39 is 12.1 Å². The summed E-state index contributed by atoms with van der Waals surface area (Å²) in [6, 6.07) is -0.546. The molecule has 0 fully saturated rings. The number of allylic oxidation sites excluding steroid dienone is 6. The lowest BCUT2D eigenvalue weighted by molar-refractivity contribution is -0.143. The lowest BCUT2D eigenvalue weighted by Gasteiger charge is -2.22. The minimum Gasteiger partial charge on any atom is -0.466 e. The van der Waals surface area contributed by atoms with Crippen molar-refractivity contribution in [2.45, 2.75) is 341 Å². The zero-order valence-electron chi connectivity index (χ0n) is 46.3. The summed E-state index contributed by atoms with van der Waals surface area (Å²) < 4.78 is 5.48. The van der Waals surface area contributed by atoms with Crippen molar-refractivity contribution in [3.63, 3.8) is 0 Å². The summed E-state index contributed by atoms with van der Waals surface area (Å²) in [5.41, 5.74) is 0. The molecule has 2 unspecified atom stereocenters. The van der Waals surface area contributed by atoms with Crippen LogP contribution in [0, 0.1) is 0 Å². The quantitative estimate of drug-likeness (QED) is 0.0321. The fraction of sp³-hybridized carbons (Fsp3) is 0.873. The van der Waals surface area contributed by atoms with Crippen LogP contribution in [-0.2, 0) is 14.3 Å². The number of ether oxygens (including phenoxy) is 1. The first-order valence-electron chi connectivity index (χ1n) is 30.7. The molecule has 0 spiro atoms. The monoisotopic (exact) mass is 970 g/mol. The highest BCUT2D eigenvalue weighted by Crippen LogP contribution is 2.17. The molecule has 0 heterocycles. The lowest BCUT2D eigenvalue weighted by atomic mass is 10.0. The number of hydrogen-bond donors (Lipinski definition) is 3. The normalized spacial score (nSPS) is 12.8. The maximum Gasteiger partial charge on any atom is 0.305 e. The van der Waals surface area contributed by atoms with Gasteiger partial charge < -0.3 is 20.3 Å². The van der Waals surface area contributed by atoms with Gasteiger partial charge >= 0.3 is 5.97 Å². The van der Waals surface area contributed by atoms with Crippen LogP contribution >= 0.6 is 0 Å². The third kappa shape index (κ3) is 55.2. The van der Waals surface area contributed by atoms with E-state index in [1.807, 2.05) is 0 Å². The molecular weight excluding hydrogens is 851 g/mol. The maximum atomic E-state index is 12.5. The second kappa shape index (κ2) is 58.6. The fourth-order valence-corrected chi connectivity index (χ4v) is 9.43. The van der Waals surface area contributed by atoms with Gasteiger partial charge in [-0.15, -0.1) is 0 Å². The molecule has 0 aromatic heterocycles. The molecule has 0 aliphatic rings. The van der Waals surface area contributed by atoms with Gasteiger partial charge in [0, 0.05) is 12.8 Å². The van der Waals surface area contributed by atoms with Crippen LogP contribution in [0.25, 0.3) is 0 Å². The second-order valence-electron chi connectivity index (χ2n) is 21.0. The van der Waals surface area contributed by atoms with Gasteiger partial charge in [-0.05, 0) is 83.5 Å². The van der Waals surface area contributed by atoms with E-state index in [1.54, 1.807) is 0 Å². The van der Waals surface area contributed by atoms with Crippen molar-refractivity contribution in [3.8, 4) is 0 Å². The van der Waals surface area contributed by atoms with Crippen LogP contribution in [0.4, 0.5) is 0 Å². The first kappa shape index (κ1) is 67.1. The predicted molar refractivity (Wildman–Crippen MR) is 301 cm³/mol. The average molecular weight is 971 g/mol. The number of esters is 1. The summed E-state index contributed by atoms with van der Waals surface area (Å²) in [5.74, 6) is -0.0430. The molecule has 0 aromatic rings. The molecular formula is C63H119NO5. The third-order valence-electron chi connectivity index (χ3n) is 14.2. The summed E-state index contributed by atoms with van der Waals surface area (Å²) >= 11 is 0. The zero-order chi connectivity index (χ0) is 50.0. The third-order valence-corrected chi connectivity index (χ3v) is 14.2. The maximum absolute atomic E-state index is 12.5. The van der Waals surface area contributed by atoms with E-state index in [0.717, 1.165) is 51.4 Å². The summed E-state index contributed by atoms with van der Waals surface area (Å²) in [5, 5.41) is 23.2. The van der Waals surface area contributed by atoms with Crippen molar-refractivity contribution >= 4 is 11.9 Å². The van der Waals surface area contributed by atoms with Gasteiger partial charge in [0.25, 0.3) is 0 Å². The predicted octanol–water partition coefficient (Wildman–Crippen LogP) is 19.2. The SMILES string of the molecule is CCCCCC/C=C\C/C=C\CCCCCCCC(=O)OCCCCCCCCCCCCCC/C=C\CCCCCCCCCC(=O)NC(CO)C(O)CCCCCCCCCCCCCCC. The van der Waals surface area contributed by atoms with Crippen LogP contribution in [0.2, 0.25) is 0 Å². The van der Waals surface area contributed by atoms with Crippen molar-refractivity contribution < 1.29 is 24.5 Å². The van der Waals surface area contributed by atoms with Crippen LogP contribution in [0.15, 0.2) is 36.5 Å². The smallest absolute Gasteiger partial charge is 0.305 e. The van der Waals surface area contributed by atoms with Gasteiger partial charge in [0.15, 0.2) is 0 Å². The number of hydrogen-bond acceptors (Lipinski definition) is 5. The number of carbonyl (C=O) groups is 2. The second-order valence-corrected chi connectivity index (χ2v) is 21.0. The first-order valence-corrected chi connectivity index (χ1v) is 30.7. The Labute approximate surface area is 430 Å². The fourth-order valence-electron chi connectivity index (χ4n) is 9.43. The molecule has 406 valence electrons. The highest BCUT2D eigenvalue weighted by Gasteiger charge is 2.20. The minimum atomic E-state index is -0.668. The number of rotatable bonds is 57. The number of amides is 1. The Hall–Kier alpha value is -1.92. The molecule has 6 nitrogen and oxygen atoms in total. The molecule has 1 amide bonds. The molecule has 3 N–H and O–H groups in total. The number of carbonyl (C=O) groups excluding carboxylic acids is 2.